The van der Waals surface area contributed by atoms with E-state index in [0.717, 1.165) is 34.4 Å². The molecule has 0 heterocycles. The van der Waals surface area contributed by atoms with E-state index >= 15 is 0 Å². The molecule has 17 heavy (non-hydrogen) atoms. The second-order valence-corrected chi connectivity index (χ2v) is 4.94. The Bertz CT molecular complexity index is 391. The highest BCUT2D eigenvalue weighted by atomic mass is 79.9. The predicted molar refractivity (Wildman–Crippen MR) is 74.0 cm³/mol. The van der Waals surface area contributed by atoms with Crippen LogP contribution < -0.4 is 15.2 Å². The SMILES string of the molecule is CCc1c(CC(C)N)c(Br)cc(OC)c1OC. The minimum Gasteiger partial charge on any atom is -0.493 e. The van der Waals surface area contributed by atoms with Crippen molar-refractivity contribution in [3.8, 4) is 11.5 Å². The zero-order chi connectivity index (χ0) is 13.0. The molecule has 96 valence electrons. The molecule has 0 radical (unpaired) electrons. The van der Waals surface area contributed by atoms with Crippen molar-refractivity contribution in [2.75, 3.05) is 14.2 Å². The molecule has 0 aliphatic carbocycles. The first kappa shape index (κ1) is 14.3. The molecular weight excluding hydrogens is 282 g/mol. The molecule has 0 fully saturated rings. The molecule has 4 heteroatoms. The van der Waals surface area contributed by atoms with Gasteiger partial charge in [0.25, 0.3) is 0 Å². The van der Waals surface area contributed by atoms with E-state index in [1.165, 1.54) is 5.56 Å². The van der Waals surface area contributed by atoms with Crippen molar-refractivity contribution in [2.45, 2.75) is 32.7 Å². The van der Waals surface area contributed by atoms with Crippen LogP contribution in [0.15, 0.2) is 10.5 Å². The normalized spacial score (nSPS) is 12.4. The van der Waals surface area contributed by atoms with Gasteiger partial charge in [-0.1, -0.05) is 22.9 Å². The minimum atomic E-state index is 0.120. The zero-order valence-corrected chi connectivity index (χ0v) is 12.4. The lowest BCUT2D eigenvalue weighted by atomic mass is 9.98. The van der Waals surface area contributed by atoms with Crippen LogP contribution in [-0.4, -0.2) is 20.3 Å². The fourth-order valence-electron chi connectivity index (χ4n) is 1.99. The van der Waals surface area contributed by atoms with Crippen LogP contribution in [0.25, 0.3) is 0 Å². The van der Waals surface area contributed by atoms with Gasteiger partial charge in [-0.15, -0.1) is 0 Å². The van der Waals surface area contributed by atoms with Crippen LogP contribution in [0.4, 0.5) is 0 Å². The number of nitrogens with two attached hydrogens (primary N) is 1. The molecule has 0 aromatic heterocycles. The van der Waals surface area contributed by atoms with E-state index in [2.05, 4.69) is 22.9 Å². The molecule has 0 aliphatic heterocycles. The Balaban J connectivity index is 3.38. The second kappa shape index (κ2) is 6.26. The van der Waals surface area contributed by atoms with Crippen LogP contribution in [0.2, 0.25) is 0 Å². The van der Waals surface area contributed by atoms with Crippen LogP contribution >= 0.6 is 15.9 Å². The van der Waals surface area contributed by atoms with Gasteiger partial charge in [0.2, 0.25) is 0 Å². The average Bonchev–Trinajstić information content (AvgIpc) is 2.30. The maximum atomic E-state index is 5.89. The number of hydrogen-bond acceptors (Lipinski definition) is 3. The van der Waals surface area contributed by atoms with Crippen LogP contribution in [0, 0.1) is 0 Å². The third-order valence-electron chi connectivity index (χ3n) is 2.71. The number of methoxy groups -OCH3 is 2. The van der Waals surface area contributed by atoms with E-state index < -0.39 is 0 Å². The molecule has 1 unspecified atom stereocenters. The molecule has 0 amide bonds. The third-order valence-corrected chi connectivity index (χ3v) is 3.42. The molecule has 0 spiro atoms. The maximum Gasteiger partial charge on any atom is 0.164 e. The largest absolute Gasteiger partial charge is 0.493 e. The van der Waals surface area contributed by atoms with Gasteiger partial charge < -0.3 is 15.2 Å². The van der Waals surface area contributed by atoms with E-state index in [4.69, 9.17) is 15.2 Å². The summed E-state index contributed by atoms with van der Waals surface area (Å²) in [5.74, 6) is 1.57. The number of halogens is 1. The highest BCUT2D eigenvalue weighted by molar-refractivity contribution is 9.10. The zero-order valence-electron chi connectivity index (χ0n) is 10.8. The Kier molecular flexibility index (Phi) is 5.28. The van der Waals surface area contributed by atoms with E-state index in [1.807, 2.05) is 13.0 Å². The van der Waals surface area contributed by atoms with Gasteiger partial charge in [-0.25, -0.2) is 0 Å². The van der Waals surface area contributed by atoms with Crippen molar-refractivity contribution in [1.82, 2.24) is 0 Å². The lowest BCUT2D eigenvalue weighted by molar-refractivity contribution is 0.351. The van der Waals surface area contributed by atoms with E-state index in [1.54, 1.807) is 14.2 Å². The third kappa shape index (κ3) is 3.13. The molecule has 1 atom stereocenters. The average molecular weight is 302 g/mol. The van der Waals surface area contributed by atoms with E-state index in [-0.39, 0.29) is 6.04 Å². The number of hydrogen-bond donors (Lipinski definition) is 1. The van der Waals surface area contributed by atoms with Gasteiger partial charge in [-0.05, 0) is 31.4 Å². The van der Waals surface area contributed by atoms with E-state index in [9.17, 15) is 0 Å². The van der Waals surface area contributed by atoms with E-state index in [0.29, 0.717) is 0 Å². The summed E-state index contributed by atoms with van der Waals surface area (Å²) in [6.45, 7) is 4.11. The predicted octanol–water partition coefficient (Wildman–Crippen LogP) is 2.92. The highest BCUT2D eigenvalue weighted by Crippen LogP contribution is 2.39. The molecule has 0 aliphatic rings. The molecule has 2 N–H and O–H groups in total. The Morgan fingerprint density at radius 1 is 1.29 bits per heavy atom. The smallest absolute Gasteiger partial charge is 0.164 e. The van der Waals surface area contributed by atoms with Crippen molar-refractivity contribution in [1.29, 1.82) is 0 Å². The summed E-state index contributed by atoms with van der Waals surface area (Å²) < 4.78 is 11.8. The lowest BCUT2D eigenvalue weighted by Gasteiger charge is -2.19. The van der Waals surface area contributed by atoms with Crippen molar-refractivity contribution in [2.24, 2.45) is 5.73 Å². The minimum absolute atomic E-state index is 0.120. The summed E-state index contributed by atoms with van der Waals surface area (Å²) in [6, 6.07) is 2.06. The Hall–Kier alpha value is -0.740. The van der Waals surface area contributed by atoms with Gasteiger partial charge in [-0.3, -0.25) is 0 Å². The van der Waals surface area contributed by atoms with Crippen molar-refractivity contribution >= 4 is 15.9 Å². The number of rotatable bonds is 5. The molecule has 1 aromatic rings. The fourth-order valence-corrected chi connectivity index (χ4v) is 2.60. The van der Waals surface area contributed by atoms with Gasteiger partial charge >= 0.3 is 0 Å². The van der Waals surface area contributed by atoms with Gasteiger partial charge in [0.15, 0.2) is 11.5 Å². The topological polar surface area (TPSA) is 44.5 Å². The van der Waals surface area contributed by atoms with Crippen molar-refractivity contribution in [3.05, 3.63) is 21.7 Å². The molecule has 3 nitrogen and oxygen atoms in total. The van der Waals surface area contributed by atoms with Crippen molar-refractivity contribution in [3.63, 3.8) is 0 Å². The summed E-state index contributed by atoms with van der Waals surface area (Å²) in [5, 5.41) is 0. The summed E-state index contributed by atoms with van der Waals surface area (Å²) in [4.78, 5) is 0. The van der Waals surface area contributed by atoms with Crippen LogP contribution in [-0.2, 0) is 12.8 Å². The monoisotopic (exact) mass is 301 g/mol. The van der Waals surface area contributed by atoms with Gasteiger partial charge in [0.05, 0.1) is 14.2 Å². The summed E-state index contributed by atoms with van der Waals surface area (Å²) in [5.41, 5.74) is 8.26. The summed E-state index contributed by atoms with van der Waals surface area (Å²) >= 11 is 3.58. The quantitative estimate of drug-likeness (QED) is 0.909. The Morgan fingerprint density at radius 2 is 1.94 bits per heavy atom. The van der Waals surface area contributed by atoms with Gasteiger partial charge in [0.1, 0.15) is 0 Å². The molecule has 1 rings (SSSR count). The van der Waals surface area contributed by atoms with Crippen LogP contribution in [0.1, 0.15) is 25.0 Å². The second-order valence-electron chi connectivity index (χ2n) is 4.09. The number of benzene rings is 1. The maximum absolute atomic E-state index is 5.89. The highest BCUT2D eigenvalue weighted by Gasteiger charge is 2.17. The standard InChI is InChI=1S/C13H20BrNO2/c1-5-9-10(6-8(2)15)11(14)7-12(16-3)13(9)17-4/h7-8H,5-6,15H2,1-4H3. The first-order chi connectivity index (χ1) is 8.04. The Labute approximate surface area is 111 Å². The van der Waals surface area contributed by atoms with Crippen molar-refractivity contribution < 1.29 is 9.47 Å². The first-order valence-electron chi connectivity index (χ1n) is 5.72. The Morgan fingerprint density at radius 3 is 2.35 bits per heavy atom. The van der Waals surface area contributed by atoms with Crippen LogP contribution in [0.5, 0.6) is 11.5 Å². The molecule has 1 aromatic carbocycles. The molecular formula is C13H20BrNO2. The van der Waals surface area contributed by atoms with Gasteiger partial charge in [-0.2, -0.15) is 0 Å². The number of ether oxygens (including phenoxy) is 2. The fraction of sp³-hybridized carbons (Fsp3) is 0.538. The molecule has 0 saturated carbocycles. The summed E-state index contributed by atoms with van der Waals surface area (Å²) in [7, 11) is 3.32. The molecule has 0 saturated heterocycles. The first-order valence-corrected chi connectivity index (χ1v) is 6.52. The lowest BCUT2D eigenvalue weighted by Crippen LogP contribution is -2.19. The molecule has 0 bridgehead atoms. The summed E-state index contributed by atoms with van der Waals surface area (Å²) in [6.07, 6.45) is 1.71. The van der Waals surface area contributed by atoms with Crippen LogP contribution in [0.3, 0.4) is 0 Å². The van der Waals surface area contributed by atoms with Gasteiger partial charge in [0, 0.05) is 16.1 Å².